The molecule has 1 fully saturated rings. The molecule has 1 heterocycles. The second kappa shape index (κ2) is 5.01. The number of nitrogens with zero attached hydrogens (tertiary/aromatic N) is 2. The molecule has 0 saturated heterocycles. The van der Waals surface area contributed by atoms with E-state index in [2.05, 4.69) is 31.2 Å². The van der Waals surface area contributed by atoms with Crippen molar-refractivity contribution < 1.29 is 4.39 Å². The van der Waals surface area contributed by atoms with Crippen molar-refractivity contribution in [3.63, 3.8) is 0 Å². The third kappa shape index (κ3) is 2.60. The van der Waals surface area contributed by atoms with Crippen molar-refractivity contribution in [2.75, 3.05) is 11.1 Å². The van der Waals surface area contributed by atoms with Crippen LogP contribution in [-0.4, -0.2) is 9.97 Å². The molecule has 3 N–H and O–H groups in total. The number of hydrogen-bond acceptors (Lipinski definition) is 4. The Labute approximate surface area is 124 Å². The van der Waals surface area contributed by atoms with Crippen LogP contribution in [0, 0.1) is 12.7 Å². The minimum atomic E-state index is -0.322. The summed E-state index contributed by atoms with van der Waals surface area (Å²) in [6, 6.07) is 4.85. The lowest BCUT2D eigenvalue weighted by atomic mass is 10.2. The lowest BCUT2D eigenvalue weighted by Gasteiger charge is -2.12. The zero-order valence-electron chi connectivity index (χ0n) is 11.0. The molecule has 0 bridgehead atoms. The van der Waals surface area contributed by atoms with Gasteiger partial charge >= 0.3 is 0 Å². The highest BCUT2D eigenvalue weighted by atomic mass is 79.9. The number of nitrogens with one attached hydrogen (secondary N) is 1. The number of hydrogen-bond donors (Lipinski definition) is 2. The highest BCUT2D eigenvalue weighted by molar-refractivity contribution is 9.10. The van der Waals surface area contributed by atoms with Crippen molar-refractivity contribution in [2.45, 2.75) is 25.7 Å². The molecule has 104 valence electrons. The summed E-state index contributed by atoms with van der Waals surface area (Å²) in [6.45, 7) is 1.85. The van der Waals surface area contributed by atoms with Crippen molar-refractivity contribution in [3.8, 4) is 0 Å². The van der Waals surface area contributed by atoms with Crippen LogP contribution in [0.3, 0.4) is 0 Å². The first-order chi connectivity index (χ1) is 9.54. The first kappa shape index (κ1) is 13.3. The Morgan fingerprint density at radius 2 is 2.10 bits per heavy atom. The second-order valence-electron chi connectivity index (χ2n) is 4.97. The van der Waals surface area contributed by atoms with E-state index >= 15 is 0 Å². The molecule has 1 aliphatic rings. The number of rotatable bonds is 3. The van der Waals surface area contributed by atoms with E-state index in [1.54, 1.807) is 12.1 Å². The van der Waals surface area contributed by atoms with Crippen LogP contribution in [0.1, 0.15) is 30.1 Å². The molecule has 0 unspecified atom stereocenters. The maximum Gasteiger partial charge on any atom is 0.139 e. The summed E-state index contributed by atoms with van der Waals surface area (Å²) >= 11 is 3.13. The van der Waals surface area contributed by atoms with E-state index in [4.69, 9.17) is 5.73 Å². The Morgan fingerprint density at radius 3 is 2.75 bits per heavy atom. The fourth-order valence-electron chi connectivity index (χ4n) is 1.91. The Kier molecular flexibility index (Phi) is 3.33. The number of benzene rings is 1. The molecule has 1 saturated carbocycles. The van der Waals surface area contributed by atoms with E-state index in [0.29, 0.717) is 27.7 Å². The molecule has 1 aliphatic carbocycles. The molecule has 3 rings (SSSR count). The molecular weight excluding hydrogens is 323 g/mol. The van der Waals surface area contributed by atoms with E-state index in [-0.39, 0.29) is 5.82 Å². The van der Waals surface area contributed by atoms with Gasteiger partial charge in [0.05, 0.1) is 4.47 Å². The first-order valence-corrected chi connectivity index (χ1v) is 7.20. The van der Waals surface area contributed by atoms with Gasteiger partial charge in [-0.3, -0.25) is 0 Å². The molecule has 6 heteroatoms. The van der Waals surface area contributed by atoms with Gasteiger partial charge in [-0.05, 0) is 53.9 Å². The van der Waals surface area contributed by atoms with E-state index in [1.165, 1.54) is 6.07 Å². The van der Waals surface area contributed by atoms with Crippen LogP contribution < -0.4 is 11.1 Å². The number of halogens is 2. The number of aromatic nitrogens is 2. The summed E-state index contributed by atoms with van der Waals surface area (Å²) < 4.78 is 14.0. The smallest absolute Gasteiger partial charge is 0.139 e. The summed E-state index contributed by atoms with van der Waals surface area (Å²) in [5.74, 6) is 1.98. The van der Waals surface area contributed by atoms with Crippen LogP contribution in [0.25, 0.3) is 0 Å². The van der Waals surface area contributed by atoms with E-state index < -0.39 is 0 Å². The van der Waals surface area contributed by atoms with Crippen LogP contribution >= 0.6 is 15.9 Å². The minimum absolute atomic E-state index is 0.322. The summed E-state index contributed by atoms with van der Waals surface area (Å²) in [4.78, 5) is 8.82. The zero-order chi connectivity index (χ0) is 14.3. The molecule has 0 amide bonds. The topological polar surface area (TPSA) is 63.8 Å². The van der Waals surface area contributed by atoms with Crippen LogP contribution in [0.15, 0.2) is 22.7 Å². The molecule has 20 heavy (non-hydrogen) atoms. The standard InChI is InChI=1S/C14H14BrFN4/c1-7-12(17)19-14(8-2-3-8)20-13(7)18-9-4-5-10(15)11(16)6-9/h4-6,8H,2-3H2,1H3,(H3,17,18,19,20). The molecular formula is C14H14BrFN4. The predicted molar refractivity (Wildman–Crippen MR) is 80.5 cm³/mol. The fraction of sp³-hybridized carbons (Fsp3) is 0.286. The van der Waals surface area contributed by atoms with Gasteiger partial charge in [0.15, 0.2) is 0 Å². The molecule has 1 aromatic carbocycles. The van der Waals surface area contributed by atoms with Crippen molar-refractivity contribution in [1.82, 2.24) is 9.97 Å². The molecule has 2 aromatic rings. The van der Waals surface area contributed by atoms with Gasteiger partial charge in [0, 0.05) is 17.2 Å². The SMILES string of the molecule is Cc1c(N)nc(C2CC2)nc1Nc1ccc(Br)c(F)c1. The van der Waals surface area contributed by atoms with Crippen molar-refractivity contribution >= 4 is 33.3 Å². The molecule has 1 aromatic heterocycles. The molecule has 4 nitrogen and oxygen atoms in total. The van der Waals surface area contributed by atoms with Crippen LogP contribution in [-0.2, 0) is 0 Å². The fourth-order valence-corrected chi connectivity index (χ4v) is 2.16. The average molecular weight is 337 g/mol. The van der Waals surface area contributed by atoms with Crippen molar-refractivity contribution in [3.05, 3.63) is 39.9 Å². The van der Waals surface area contributed by atoms with Gasteiger partial charge in [-0.25, -0.2) is 14.4 Å². The summed E-state index contributed by atoms with van der Waals surface area (Å²) in [5, 5.41) is 3.11. The summed E-state index contributed by atoms with van der Waals surface area (Å²) in [7, 11) is 0. The highest BCUT2D eigenvalue weighted by Crippen LogP contribution is 2.39. The van der Waals surface area contributed by atoms with Crippen LogP contribution in [0.2, 0.25) is 0 Å². The summed E-state index contributed by atoms with van der Waals surface area (Å²) in [5.41, 5.74) is 7.33. The molecule has 0 spiro atoms. The number of nitrogen functional groups attached to an aromatic ring is 1. The maximum atomic E-state index is 13.5. The van der Waals surface area contributed by atoms with Gasteiger partial charge in [0.2, 0.25) is 0 Å². The minimum Gasteiger partial charge on any atom is -0.383 e. The largest absolute Gasteiger partial charge is 0.383 e. The zero-order valence-corrected chi connectivity index (χ0v) is 12.5. The maximum absolute atomic E-state index is 13.5. The van der Waals surface area contributed by atoms with Crippen LogP contribution in [0.4, 0.5) is 21.7 Å². The Morgan fingerprint density at radius 1 is 1.35 bits per heavy atom. The lowest BCUT2D eigenvalue weighted by Crippen LogP contribution is -2.06. The Balaban J connectivity index is 1.94. The van der Waals surface area contributed by atoms with Gasteiger partial charge in [-0.2, -0.15) is 0 Å². The van der Waals surface area contributed by atoms with Gasteiger partial charge in [0.1, 0.15) is 23.3 Å². The molecule has 0 radical (unpaired) electrons. The highest BCUT2D eigenvalue weighted by Gasteiger charge is 2.27. The van der Waals surface area contributed by atoms with Crippen molar-refractivity contribution in [1.29, 1.82) is 0 Å². The third-order valence-corrected chi connectivity index (χ3v) is 3.97. The monoisotopic (exact) mass is 336 g/mol. The summed E-state index contributed by atoms with van der Waals surface area (Å²) in [6.07, 6.45) is 2.21. The van der Waals surface area contributed by atoms with Gasteiger partial charge in [-0.1, -0.05) is 0 Å². The predicted octanol–water partition coefficient (Wildman–Crippen LogP) is 3.89. The van der Waals surface area contributed by atoms with E-state index in [0.717, 1.165) is 24.2 Å². The normalized spacial score (nSPS) is 14.3. The Bertz CT molecular complexity index is 670. The second-order valence-corrected chi connectivity index (χ2v) is 5.82. The van der Waals surface area contributed by atoms with Gasteiger partial charge in [0.25, 0.3) is 0 Å². The average Bonchev–Trinajstić information content (AvgIpc) is 3.23. The number of nitrogens with two attached hydrogens (primary N) is 1. The first-order valence-electron chi connectivity index (χ1n) is 6.40. The molecule has 0 aliphatic heterocycles. The van der Waals surface area contributed by atoms with Crippen molar-refractivity contribution in [2.24, 2.45) is 0 Å². The lowest BCUT2D eigenvalue weighted by molar-refractivity contribution is 0.622. The van der Waals surface area contributed by atoms with Gasteiger partial charge in [-0.15, -0.1) is 0 Å². The van der Waals surface area contributed by atoms with E-state index in [1.807, 2.05) is 6.92 Å². The van der Waals surface area contributed by atoms with E-state index in [9.17, 15) is 4.39 Å². The number of anilines is 3. The third-order valence-electron chi connectivity index (χ3n) is 3.33. The molecule has 0 atom stereocenters. The van der Waals surface area contributed by atoms with Gasteiger partial charge < -0.3 is 11.1 Å². The Hall–Kier alpha value is -1.69. The quantitative estimate of drug-likeness (QED) is 0.892. The van der Waals surface area contributed by atoms with Crippen LogP contribution in [0.5, 0.6) is 0 Å².